The van der Waals surface area contributed by atoms with Crippen molar-refractivity contribution in [3.63, 3.8) is 0 Å². The third-order valence-corrected chi connectivity index (χ3v) is 5.46. The number of nitrogens with one attached hydrogen (secondary N) is 2. The molecule has 1 unspecified atom stereocenters. The topological polar surface area (TPSA) is 61.8 Å². The lowest BCUT2D eigenvalue weighted by Crippen LogP contribution is -2.43. The van der Waals surface area contributed by atoms with Gasteiger partial charge < -0.3 is 15.4 Å². The van der Waals surface area contributed by atoms with Crippen LogP contribution in [0.3, 0.4) is 0 Å². The van der Waals surface area contributed by atoms with E-state index in [4.69, 9.17) is 16.3 Å². The van der Waals surface area contributed by atoms with E-state index < -0.39 is 0 Å². The van der Waals surface area contributed by atoms with Gasteiger partial charge in [-0.3, -0.25) is 9.89 Å². The lowest BCUT2D eigenvalue weighted by Gasteiger charge is -2.29. The zero-order chi connectivity index (χ0) is 20.5. The summed E-state index contributed by atoms with van der Waals surface area (Å²) in [6.45, 7) is 3.81. The standard InChI is InChI=1S/C22H30ClN5O/c1-24-22(25-11-10-17-8-9-21(23)26-15-17)27-16-20(28-12-3-4-13-28)18-6-5-7-19(14-18)29-2/h5-9,14-15,20H,3-4,10-13,16H2,1-2H3,(H2,24,25,27). The van der Waals surface area contributed by atoms with Crippen molar-refractivity contribution in [1.29, 1.82) is 0 Å². The number of halogens is 1. The maximum Gasteiger partial charge on any atom is 0.191 e. The summed E-state index contributed by atoms with van der Waals surface area (Å²) >= 11 is 5.85. The second kappa shape index (κ2) is 11.0. The van der Waals surface area contributed by atoms with Crippen molar-refractivity contribution < 1.29 is 4.74 Å². The molecule has 1 aromatic carbocycles. The van der Waals surface area contributed by atoms with Crippen molar-refractivity contribution in [3.05, 3.63) is 58.9 Å². The van der Waals surface area contributed by atoms with Gasteiger partial charge in [-0.25, -0.2) is 4.98 Å². The smallest absolute Gasteiger partial charge is 0.191 e. The van der Waals surface area contributed by atoms with E-state index in [0.717, 1.165) is 49.9 Å². The Kier molecular flexibility index (Phi) is 8.14. The molecule has 0 amide bonds. The van der Waals surface area contributed by atoms with Crippen LogP contribution < -0.4 is 15.4 Å². The summed E-state index contributed by atoms with van der Waals surface area (Å²) < 4.78 is 5.43. The van der Waals surface area contributed by atoms with Gasteiger partial charge in [-0.2, -0.15) is 0 Å². The van der Waals surface area contributed by atoms with E-state index in [-0.39, 0.29) is 6.04 Å². The van der Waals surface area contributed by atoms with E-state index in [1.807, 2.05) is 24.4 Å². The van der Waals surface area contributed by atoms with Crippen LogP contribution in [0.1, 0.15) is 30.0 Å². The summed E-state index contributed by atoms with van der Waals surface area (Å²) in [5, 5.41) is 7.40. The van der Waals surface area contributed by atoms with Crippen LogP contribution >= 0.6 is 11.6 Å². The van der Waals surface area contributed by atoms with Gasteiger partial charge in [0.1, 0.15) is 10.9 Å². The molecule has 156 valence electrons. The lowest BCUT2D eigenvalue weighted by molar-refractivity contribution is 0.245. The Morgan fingerprint density at radius 1 is 1.24 bits per heavy atom. The average Bonchev–Trinajstić information content (AvgIpc) is 3.28. The van der Waals surface area contributed by atoms with Crippen LogP contribution in [0.2, 0.25) is 5.15 Å². The van der Waals surface area contributed by atoms with Crippen molar-refractivity contribution >= 4 is 17.6 Å². The SMILES string of the molecule is CN=C(NCCc1ccc(Cl)nc1)NCC(c1cccc(OC)c1)N1CCCC1. The number of pyridine rings is 1. The number of hydrogen-bond acceptors (Lipinski definition) is 4. The zero-order valence-corrected chi connectivity index (χ0v) is 18.0. The quantitative estimate of drug-likeness (QED) is 0.393. The molecule has 1 atom stereocenters. The number of methoxy groups -OCH3 is 1. The van der Waals surface area contributed by atoms with Crippen molar-refractivity contribution in [2.45, 2.75) is 25.3 Å². The maximum absolute atomic E-state index is 5.85. The number of benzene rings is 1. The highest BCUT2D eigenvalue weighted by Gasteiger charge is 2.24. The number of nitrogens with zero attached hydrogens (tertiary/aromatic N) is 3. The molecule has 0 saturated carbocycles. The fourth-order valence-electron chi connectivity index (χ4n) is 3.65. The Morgan fingerprint density at radius 2 is 2.07 bits per heavy atom. The van der Waals surface area contributed by atoms with E-state index in [9.17, 15) is 0 Å². The summed E-state index contributed by atoms with van der Waals surface area (Å²) in [5.74, 6) is 1.70. The Balaban J connectivity index is 1.57. The molecule has 1 aromatic heterocycles. The molecule has 3 rings (SSSR count). The number of guanidine groups is 1. The molecule has 0 spiro atoms. The molecule has 2 aromatic rings. The van der Waals surface area contributed by atoms with Crippen LogP contribution in [0.15, 0.2) is 47.6 Å². The van der Waals surface area contributed by atoms with Gasteiger partial charge in [0.2, 0.25) is 0 Å². The van der Waals surface area contributed by atoms with Crippen LogP contribution in [0.25, 0.3) is 0 Å². The molecular formula is C22H30ClN5O. The third kappa shape index (κ3) is 6.34. The maximum atomic E-state index is 5.85. The molecule has 2 N–H and O–H groups in total. The number of ether oxygens (including phenoxy) is 1. The number of likely N-dealkylation sites (tertiary alicyclic amines) is 1. The first-order valence-electron chi connectivity index (χ1n) is 10.1. The van der Waals surface area contributed by atoms with Crippen LogP contribution in [-0.2, 0) is 6.42 Å². The predicted octanol–water partition coefficient (Wildman–Crippen LogP) is 3.29. The van der Waals surface area contributed by atoms with E-state index in [2.05, 4.69) is 43.7 Å². The monoisotopic (exact) mass is 415 g/mol. The third-order valence-electron chi connectivity index (χ3n) is 5.24. The fourth-order valence-corrected chi connectivity index (χ4v) is 3.77. The van der Waals surface area contributed by atoms with Gasteiger partial charge in [0.25, 0.3) is 0 Å². The van der Waals surface area contributed by atoms with Gasteiger partial charge in [0.05, 0.1) is 13.2 Å². The van der Waals surface area contributed by atoms with E-state index in [1.54, 1.807) is 14.2 Å². The first-order chi connectivity index (χ1) is 14.2. The molecule has 0 radical (unpaired) electrons. The zero-order valence-electron chi connectivity index (χ0n) is 17.2. The van der Waals surface area contributed by atoms with Crippen LogP contribution in [0.5, 0.6) is 5.75 Å². The number of aliphatic imine (C=N–C) groups is 1. The molecule has 1 saturated heterocycles. The Hall–Kier alpha value is -2.31. The fraction of sp³-hybridized carbons (Fsp3) is 0.455. The minimum Gasteiger partial charge on any atom is -0.497 e. The highest BCUT2D eigenvalue weighted by atomic mass is 35.5. The largest absolute Gasteiger partial charge is 0.497 e. The second-order valence-electron chi connectivity index (χ2n) is 7.15. The summed E-state index contributed by atoms with van der Waals surface area (Å²) in [5.41, 5.74) is 2.41. The number of aromatic nitrogens is 1. The normalized spacial score (nSPS) is 15.9. The summed E-state index contributed by atoms with van der Waals surface area (Å²) in [6, 6.07) is 12.5. The minimum absolute atomic E-state index is 0.284. The molecule has 1 aliphatic heterocycles. The van der Waals surface area contributed by atoms with Gasteiger partial charge in [-0.05, 0) is 61.7 Å². The lowest BCUT2D eigenvalue weighted by atomic mass is 10.1. The van der Waals surface area contributed by atoms with Gasteiger partial charge in [0.15, 0.2) is 5.96 Å². The van der Waals surface area contributed by atoms with Crippen molar-refractivity contribution in [2.24, 2.45) is 4.99 Å². The second-order valence-corrected chi connectivity index (χ2v) is 7.54. The molecule has 6 nitrogen and oxygen atoms in total. The van der Waals surface area contributed by atoms with E-state index in [1.165, 1.54) is 18.4 Å². The highest BCUT2D eigenvalue weighted by Crippen LogP contribution is 2.27. The van der Waals surface area contributed by atoms with Crippen molar-refractivity contribution in [3.8, 4) is 5.75 Å². The number of hydrogen-bond donors (Lipinski definition) is 2. The molecule has 0 aliphatic carbocycles. The van der Waals surface area contributed by atoms with Crippen LogP contribution in [-0.4, -0.2) is 56.2 Å². The average molecular weight is 416 g/mol. The summed E-state index contributed by atoms with van der Waals surface area (Å²) in [6.07, 6.45) is 5.17. The van der Waals surface area contributed by atoms with Gasteiger partial charge in [0, 0.05) is 26.3 Å². The minimum atomic E-state index is 0.284. The first kappa shape index (κ1) is 21.4. The Labute approximate surface area is 178 Å². The Bertz CT molecular complexity index is 790. The number of rotatable bonds is 8. The molecule has 1 fully saturated rings. The van der Waals surface area contributed by atoms with Crippen LogP contribution in [0.4, 0.5) is 0 Å². The molecule has 7 heteroatoms. The van der Waals surface area contributed by atoms with Gasteiger partial charge in [-0.1, -0.05) is 29.8 Å². The highest BCUT2D eigenvalue weighted by molar-refractivity contribution is 6.29. The van der Waals surface area contributed by atoms with Gasteiger partial charge in [-0.15, -0.1) is 0 Å². The molecule has 29 heavy (non-hydrogen) atoms. The summed E-state index contributed by atoms with van der Waals surface area (Å²) in [7, 11) is 3.51. The van der Waals surface area contributed by atoms with Crippen molar-refractivity contribution in [2.75, 3.05) is 40.3 Å². The Morgan fingerprint density at radius 3 is 2.76 bits per heavy atom. The molecule has 2 heterocycles. The van der Waals surface area contributed by atoms with E-state index >= 15 is 0 Å². The van der Waals surface area contributed by atoms with Crippen molar-refractivity contribution in [1.82, 2.24) is 20.5 Å². The molecule has 1 aliphatic rings. The molecule has 0 bridgehead atoms. The van der Waals surface area contributed by atoms with Crippen LogP contribution in [0, 0.1) is 0 Å². The molecular weight excluding hydrogens is 386 g/mol. The predicted molar refractivity (Wildman–Crippen MR) is 119 cm³/mol. The summed E-state index contributed by atoms with van der Waals surface area (Å²) in [4.78, 5) is 11.0. The van der Waals surface area contributed by atoms with Gasteiger partial charge >= 0.3 is 0 Å². The van der Waals surface area contributed by atoms with E-state index in [0.29, 0.717) is 5.15 Å². The first-order valence-corrected chi connectivity index (χ1v) is 10.5.